The predicted molar refractivity (Wildman–Crippen MR) is 106 cm³/mol. The molecule has 3 N–H and O–H groups in total. The first-order valence-corrected chi connectivity index (χ1v) is 10.2. The van der Waals surface area contributed by atoms with E-state index >= 15 is 0 Å². The molecule has 0 bridgehead atoms. The molecule has 5 atom stereocenters. The van der Waals surface area contributed by atoms with E-state index in [-0.39, 0.29) is 30.1 Å². The van der Waals surface area contributed by atoms with E-state index in [0.29, 0.717) is 19.3 Å². The highest BCUT2D eigenvalue weighted by atomic mass is 19.1. The molecule has 0 aromatic rings. The Hall–Kier alpha value is -1.20. The fourth-order valence-corrected chi connectivity index (χ4v) is 3.74. The van der Waals surface area contributed by atoms with Crippen LogP contribution < -0.4 is 0 Å². The molecule has 156 valence electrons. The SMILES string of the molecule is CCCCC(C)(C)[C@H](O)C=C[C@@H]1[C@@H](CCC=CCCC(=O)O)[C@H](F)C[C@H]1O. The van der Waals surface area contributed by atoms with Crippen LogP contribution in [0.3, 0.4) is 0 Å². The first-order chi connectivity index (χ1) is 12.7. The Labute approximate surface area is 163 Å². The second-order valence-corrected chi connectivity index (χ2v) is 8.46. The Morgan fingerprint density at radius 2 is 1.96 bits per heavy atom. The van der Waals surface area contributed by atoms with Gasteiger partial charge in [0, 0.05) is 18.8 Å². The quantitative estimate of drug-likeness (QED) is 0.428. The number of alkyl halides is 1. The van der Waals surface area contributed by atoms with E-state index < -0.39 is 24.3 Å². The number of hydrogen-bond acceptors (Lipinski definition) is 3. The van der Waals surface area contributed by atoms with Crippen molar-refractivity contribution in [3.63, 3.8) is 0 Å². The summed E-state index contributed by atoms with van der Waals surface area (Å²) in [4.78, 5) is 10.5. The van der Waals surface area contributed by atoms with Gasteiger partial charge in [-0.3, -0.25) is 4.79 Å². The van der Waals surface area contributed by atoms with Gasteiger partial charge in [-0.25, -0.2) is 4.39 Å². The number of allylic oxidation sites excluding steroid dienone is 2. The summed E-state index contributed by atoms with van der Waals surface area (Å²) in [5, 5.41) is 29.3. The fraction of sp³-hybridized carbons (Fsp3) is 0.773. The van der Waals surface area contributed by atoms with E-state index in [1.54, 1.807) is 12.2 Å². The first kappa shape index (κ1) is 23.8. The highest BCUT2D eigenvalue weighted by Crippen LogP contribution is 2.39. The van der Waals surface area contributed by atoms with E-state index in [1.807, 2.05) is 26.0 Å². The van der Waals surface area contributed by atoms with Gasteiger partial charge in [0.15, 0.2) is 0 Å². The predicted octanol–water partition coefficient (Wildman–Crippen LogP) is 4.66. The largest absolute Gasteiger partial charge is 0.481 e. The number of carboxylic acid groups (broad SMARTS) is 1. The standard InChI is InChI=1S/C22H37FO4/c1-4-5-14-22(2,3)20(25)13-12-17-16(18(23)15-19(17)24)10-8-6-7-9-11-21(26)27/h6-7,12-13,16-20,24-25H,4-5,8-11,14-15H2,1-3H3,(H,26,27)/t16-,17-,18-,19-,20-/m1/s1. The molecule has 1 saturated carbocycles. The molecule has 0 aromatic heterocycles. The normalized spacial score (nSPS) is 27.6. The van der Waals surface area contributed by atoms with Crippen molar-refractivity contribution in [2.45, 2.75) is 90.5 Å². The average molecular weight is 385 g/mol. The summed E-state index contributed by atoms with van der Waals surface area (Å²) in [6.45, 7) is 6.18. The van der Waals surface area contributed by atoms with Crippen LogP contribution in [0.4, 0.5) is 4.39 Å². The molecular formula is C22H37FO4. The molecule has 0 amide bonds. The molecule has 1 aliphatic carbocycles. The van der Waals surface area contributed by atoms with Crippen LogP contribution in [0.5, 0.6) is 0 Å². The lowest BCUT2D eigenvalue weighted by Gasteiger charge is -2.29. The summed E-state index contributed by atoms with van der Waals surface area (Å²) < 4.78 is 14.3. The van der Waals surface area contributed by atoms with Crippen molar-refractivity contribution in [3.05, 3.63) is 24.3 Å². The number of rotatable bonds is 12. The number of halogens is 1. The topological polar surface area (TPSA) is 77.8 Å². The third kappa shape index (κ3) is 8.14. The minimum absolute atomic E-state index is 0.0987. The van der Waals surface area contributed by atoms with Crippen molar-refractivity contribution < 1.29 is 24.5 Å². The van der Waals surface area contributed by atoms with Gasteiger partial charge in [-0.15, -0.1) is 0 Å². The van der Waals surface area contributed by atoms with Crippen molar-refractivity contribution in [3.8, 4) is 0 Å². The number of aliphatic hydroxyl groups excluding tert-OH is 2. The summed E-state index contributed by atoms with van der Waals surface area (Å²) in [5.74, 6) is -1.39. The number of aliphatic carboxylic acids is 1. The zero-order chi connectivity index (χ0) is 20.4. The molecule has 5 heteroatoms. The van der Waals surface area contributed by atoms with Crippen molar-refractivity contribution in [2.75, 3.05) is 0 Å². The average Bonchev–Trinajstić information content (AvgIpc) is 2.86. The highest BCUT2D eigenvalue weighted by Gasteiger charge is 2.41. The molecule has 0 spiro atoms. The van der Waals surface area contributed by atoms with Gasteiger partial charge in [-0.1, -0.05) is 57.9 Å². The molecule has 0 aromatic carbocycles. The van der Waals surface area contributed by atoms with Crippen LogP contribution in [0.15, 0.2) is 24.3 Å². The monoisotopic (exact) mass is 384 g/mol. The van der Waals surface area contributed by atoms with E-state index in [4.69, 9.17) is 5.11 Å². The maximum absolute atomic E-state index is 14.3. The lowest BCUT2D eigenvalue weighted by Crippen LogP contribution is -2.28. The van der Waals surface area contributed by atoms with Crippen LogP contribution in [0.1, 0.15) is 72.1 Å². The minimum atomic E-state index is -1.05. The summed E-state index contributed by atoms with van der Waals surface area (Å²) in [5.41, 5.74) is -0.243. The number of hydrogen-bond donors (Lipinski definition) is 3. The van der Waals surface area contributed by atoms with Gasteiger partial charge in [-0.05, 0) is 37.0 Å². The molecule has 4 nitrogen and oxygen atoms in total. The van der Waals surface area contributed by atoms with E-state index in [9.17, 15) is 19.4 Å². The Bertz CT molecular complexity index is 501. The van der Waals surface area contributed by atoms with Gasteiger partial charge in [0.25, 0.3) is 0 Å². The molecule has 0 radical (unpaired) electrons. The van der Waals surface area contributed by atoms with Gasteiger partial charge >= 0.3 is 5.97 Å². The van der Waals surface area contributed by atoms with Crippen LogP contribution in [-0.2, 0) is 4.79 Å². The van der Waals surface area contributed by atoms with Gasteiger partial charge in [0.1, 0.15) is 6.17 Å². The maximum Gasteiger partial charge on any atom is 0.303 e. The number of carboxylic acids is 1. The van der Waals surface area contributed by atoms with E-state index in [1.165, 1.54) is 0 Å². The third-order valence-electron chi connectivity index (χ3n) is 5.72. The summed E-state index contributed by atoms with van der Waals surface area (Å²) >= 11 is 0. The van der Waals surface area contributed by atoms with Crippen LogP contribution in [-0.4, -0.2) is 39.7 Å². The van der Waals surface area contributed by atoms with Crippen molar-refractivity contribution in [1.82, 2.24) is 0 Å². The van der Waals surface area contributed by atoms with Crippen LogP contribution >= 0.6 is 0 Å². The zero-order valence-corrected chi connectivity index (χ0v) is 17.0. The Kier molecular flexibility index (Phi) is 10.2. The molecule has 1 fully saturated rings. The van der Waals surface area contributed by atoms with Crippen molar-refractivity contribution in [2.24, 2.45) is 17.3 Å². The Balaban J connectivity index is 2.61. The molecule has 0 aliphatic heterocycles. The zero-order valence-electron chi connectivity index (χ0n) is 17.0. The fourth-order valence-electron chi connectivity index (χ4n) is 3.74. The second-order valence-electron chi connectivity index (χ2n) is 8.46. The molecule has 0 unspecified atom stereocenters. The van der Waals surface area contributed by atoms with Gasteiger partial charge < -0.3 is 15.3 Å². The molecule has 0 heterocycles. The number of carbonyl (C=O) groups is 1. The highest BCUT2D eigenvalue weighted by molar-refractivity contribution is 5.66. The van der Waals surface area contributed by atoms with Crippen LogP contribution in [0.2, 0.25) is 0 Å². The van der Waals surface area contributed by atoms with E-state index in [2.05, 4.69) is 6.92 Å². The molecule has 27 heavy (non-hydrogen) atoms. The molecular weight excluding hydrogens is 347 g/mol. The molecule has 1 rings (SSSR count). The molecule has 0 saturated heterocycles. The lowest BCUT2D eigenvalue weighted by atomic mass is 9.80. The third-order valence-corrected chi connectivity index (χ3v) is 5.72. The van der Waals surface area contributed by atoms with E-state index in [0.717, 1.165) is 19.3 Å². The second kappa shape index (κ2) is 11.6. The minimum Gasteiger partial charge on any atom is -0.481 e. The van der Waals surface area contributed by atoms with Crippen molar-refractivity contribution in [1.29, 1.82) is 0 Å². The van der Waals surface area contributed by atoms with Gasteiger partial charge in [0.05, 0.1) is 12.2 Å². The molecule has 1 aliphatic rings. The number of unbranched alkanes of at least 4 members (excludes halogenated alkanes) is 1. The lowest BCUT2D eigenvalue weighted by molar-refractivity contribution is -0.136. The van der Waals surface area contributed by atoms with Crippen LogP contribution in [0, 0.1) is 17.3 Å². The number of aliphatic hydroxyl groups is 2. The summed E-state index contributed by atoms with van der Waals surface area (Å²) in [7, 11) is 0. The maximum atomic E-state index is 14.3. The smallest absolute Gasteiger partial charge is 0.303 e. The summed E-state index contributed by atoms with van der Waals surface area (Å²) in [6.07, 6.45) is 9.88. The first-order valence-electron chi connectivity index (χ1n) is 10.2. The van der Waals surface area contributed by atoms with Gasteiger partial charge in [-0.2, -0.15) is 0 Å². The Morgan fingerprint density at radius 1 is 1.30 bits per heavy atom. The summed E-state index contributed by atoms with van der Waals surface area (Å²) in [6, 6.07) is 0. The van der Waals surface area contributed by atoms with Crippen molar-refractivity contribution >= 4 is 5.97 Å². The van der Waals surface area contributed by atoms with Crippen LogP contribution in [0.25, 0.3) is 0 Å². The van der Waals surface area contributed by atoms with Gasteiger partial charge in [0.2, 0.25) is 0 Å². The Morgan fingerprint density at radius 3 is 2.59 bits per heavy atom.